The lowest BCUT2D eigenvalue weighted by molar-refractivity contribution is -0.118. The number of aromatic nitrogens is 2. The Morgan fingerprint density at radius 3 is 2.62 bits per heavy atom. The van der Waals surface area contributed by atoms with Gasteiger partial charge in [0.15, 0.2) is 5.16 Å². The third-order valence-electron chi connectivity index (χ3n) is 4.70. The standard InChI is InChI=1S/C23H27N3O2S/c1-2-3-16-26-22(28)19-13-7-8-14-20(19)25-23(26)29-17-21(27)24-15-9-12-18-10-5-4-6-11-18/h4-8,10-11,13-14H,2-3,9,12,15-17H2,1H3,(H,24,27). The van der Waals surface area contributed by atoms with Crippen molar-refractivity contribution in [3.8, 4) is 0 Å². The smallest absolute Gasteiger partial charge is 0.262 e. The molecule has 2 aromatic carbocycles. The van der Waals surface area contributed by atoms with Crippen LogP contribution in [0.3, 0.4) is 0 Å². The molecule has 0 saturated carbocycles. The largest absolute Gasteiger partial charge is 0.355 e. The van der Waals surface area contributed by atoms with E-state index in [1.54, 1.807) is 10.6 Å². The van der Waals surface area contributed by atoms with Gasteiger partial charge < -0.3 is 5.32 Å². The Balaban J connectivity index is 1.58. The summed E-state index contributed by atoms with van der Waals surface area (Å²) in [5.41, 5.74) is 1.92. The molecule has 0 spiro atoms. The molecular weight excluding hydrogens is 382 g/mol. The van der Waals surface area contributed by atoms with E-state index in [1.165, 1.54) is 17.3 Å². The summed E-state index contributed by atoms with van der Waals surface area (Å²) in [4.78, 5) is 29.8. The Bertz CT molecular complexity index is 1000. The summed E-state index contributed by atoms with van der Waals surface area (Å²) in [6, 6.07) is 17.6. The molecule has 0 fully saturated rings. The van der Waals surface area contributed by atoms with Gasteiger partial charge in [0.2, 0.25) is 5.91 Å². The van der Waals surface area contributed by atoms with Crippen molar-refractivity contribution in [3.05, 3.63) is 70.5 Å². The minimum absolute atomic E-state index is 0.0326. The van der Waals surface area contributed by atoms with Gasteiger partial charge in [-0.15, -0.1) is 0 Å². The van der Waals surface area contributed by atoms with Gasteiger partial charge in [-0.05, 0) is 37.0 Å². The van der Waals surface area contributed by atoms with Gasteiger partial charge in [0.1, 0.15) is 0 Å². The van der Waals surface area contributed by atoms with Crippen LogP contribution in [0.25, 0.3) is 10.9 Å². The molecule has 1 N–H and O–H groups in total. The maximum Gasteiger partial charge on any atom is 0.262 e. The molecule has 3 rings (SSSR count). The Morgan fingerprint density at radius 2 is 1.83 bits per heavy atom. The monoisotopic (exact) mass is 409 g/mol. The molecule has 1 heterocycles. The van der Waals surface area contributed by atoms with E-state index in [0.717, 1.165) is 25.7 Å². The molecule has 0 aliphatic carbocycles. The van der Waals surface area contributed by atoms with E-state index in [2.05, 4.69) is 29.4 Å². The Hall–Kier alpha value is -2.60. The zero-order chi connectivity index (χ0) is 20.5. The molecule has 0 aliphatic heterocycles. The van der Waals surface area contributed by atoms with Gasteiger partial charge in [-0.3, -0.25) is 14.2 Å². The second-order valence-corrected chi connectivity index (χ2v) is 7.89. The van der Waals surface area contributed by atoms with E-state index in [9.17, 15) is 9.59 Å². The molecule has 3 aromatic rings. The third kappa shape index (κ3) is 5.94. The fourth-order valence-electron chi connectivity index (χ4n) is 3.12. The zero-order valence-corrected chi connectivity index (χ0v) is 17.6. The van der Waals surface area contributed by atoms with Crippen molar-refractivity contribution in [3.63, 3.8) is 0 Å². The van der Waals surface area contributed by atoms with Crippen LogP contribution >= 0.6 is 11.8 Å². The van der Waals surface area contributed by atoms with Crippen LogP contribution in [0, 0.1) is 0 Å². The molecule has 0 atom stereocenters. The summed E-state index contributed by atoms with van der Waals surface area (Å²) >= 11 is 1.33. The average Bonchev–Trinajstić information content (AvgIpc) is 2.75. The SMILES string of the molecule is CCCCn1c(SCC(=O)NCCCc2ccccc2)nc2ccccc2c1=O. The van der Waals surface area contributed by atoms with Crippen LogP contribution in [0.5, 0.6) is 0 Å². The first-order chi connectivity index (χ1) is 14.2. The van der Waals surface area contributed by atoms with Gasteiger partial charge in [-0.2, -0.15) is 0 Å². The number of benzene rings is 2. The summed E-state index contributed by atoms with van der Waals surface area (Å²) in [6.07, 6.45) is 3.73. The summed E-state index contributed by atoms with van der Waals surface area (Å²) in [5, 5.41) is 4.20. The summed E-state index contributed by atoms with van der Waals surface area (Å²) in [7, 11) is 0. The van der Waals surface area contributed by atoms with Crippen molar-refractivity contribution >= 4 is 28.6 Å². The molecule has 0 bridgehead atoms. The molecule has 0 aliphatic rings. The third-order valence-corrected chi connectivity index (χ3v) is 5.68. The van der Waals surface area contributed by atoms with Crippen LogP contribution in [-0.4, -0.2) is 27.8 Å². The molecule has 0 saturated heterocycles. The Kier molecular flexibility index (Phi) is 7.87. The number of nitrogens with zero attached hydrogens (tertiary/aromatic N) is 2. The lowest BCUT2D eigenvalue weighted by atomic mass is 10.1. The number of hydrogen-bond acceptors (Lipinski definition) is 4. The van der Waals surface area contributed by atoms with E-state index >= 15 is 0 Å². The molecule has 0 radical (unpaired) electrons. The summed E-state index contributed by atoms with van der Waals surface area (Å²) in [6.45, 7) is 3.35. The molecule has 0 unspecified atom stereocenters. The number of carbonyl (C=O) groups excluding carboxylic acids is 1. The number of amides is 1. The minimum atomic E-state index is -0.0347. The maximum absolute atomic E-state index is 12.9. The fourth-order valence-corrected chi connectivity index (χ4v) is 3.97. The molecule has 5 nitrogen and oxygen atoms in total. The normalized spacial score (nSPS) is 10.9. The van der Waals surface area contributed by atoms with Crippen LogP contribution < -0.4 is 10.9 Å². The van der Waals surface area contributed by atoms with Crippen molar-refractivity contribution < 1.29 is 4.79 Å². The van der Waals surface area contributed by atoms with Gasteiger partial charge >= 0.3 is 0 Å². The van der Waals surface area contributed by atoms with Crippen LogP contribution in [-0.2, 0) is 17.8 Å². The van der Waals surface area contributed by atoms with Crippen molar-refractivity contribution in [2.45, 2.75) is 44.3 Å². The van der Waals surface area contributed by atoms with E-state index in [0.29, 0.717) is 29.1 Å². The maximum atomic E-state index is 12.9. The number of hydrogen-bond donors (Lipinski definition) is 1. The van der Waals surface area contributed by atoms with E-state index in [1.807, 2.05) is 36.4 Å². The Labute approximate surface area is 175 Å². The zero-order valence-electron chi connectivity index (χ0n) is 16.8. The number of para-hydroxylation sites is 1. The highest BCUT2D eigenvalue weighted by Gasteiger charge is 2.12. The molecular formula is C23H27N3O2S. The lowest BCUT2D eigenvalue weighted by Crippen LogP contribution is -2.28. The van der Waals surface area contributed by atoms with Gasteiger partial charge in [0.05, 0.1) is 16.7 Å². The number of carbonyl (C=O) groups is 1. The number of nitrogens with one attached hydrogen (secondary N) is 1. The van der Waals surface area contributed by atoms with Crippen LogP contribution in [0.15, 0.2) is 64.5 Å². The molecule has 6 heteroatoms. The average molecular weight is 410 g/mol. The highest BCUT2D eigenvalue weighted by Crippen LogP contribution is 2.18. The highest BCUT2D eigenvalue weighted by atomic mass is 32.2. The first-order valence-corrected chi connectivity index (χ1v) is 11.1. The fraction of sp³-hybridized carbons (Fsp3) is 0.348. The van der Waals surface area contributed by atoms with Crippen molar-refractivity contribution in [1.29, 1.82) is 0 Å². The number of thioether (sulfide) groups is 1. The topological polar surface area (TPSA) is 64.0 Å². The predicted molar refractivity (Wildman–Crippen MR) is 119 cm³/mol. The number of fused-ring (bicyclic) bond motifs is 1. The summed E-state index contributed by atoms with van der Waals surface area (Å²) < 4.78 is 1.71. The van der Waals surface area contributed by atoms with Crippen molar-refractivity contribution in [2.24, 2.45) is 0 Å². The van der Waals surface area contributed by atoms with Gasteiger partial charge in [-0.1, -0.05) is 67.6 Å². The van der Waals surface area contributed by atoms with E-state index < -0.39 is 0 Å². The lowest BCUT2D eigenvalue weighted by Gasteiger charge is -2.12. The quantitative estimate of drug-likeness (QED) is 0.312. The van der Waals surface area contributed by atoms with Gasteiger partial charge in [0, 0.05) is 13.1 Å². The highest BCUT2D eigenvalue weighted by molar-refractivity contribution is 7.99. The number of aryl methyl sites for hydroxylation is 1. The number of unbranched alkanes of at least 4 members (excludes halogenated alkanes) is 1. The van der Waals surface area contributed by atoms with Crippen molar-refractivity contribution in [2.75, 3.05) is 12.3 Å². The van der Waals surface area contributed by atoms with Crippen LogP contribution in [0.1, 0.15) is 31.7 Å². The minimum Gasteiger partial charge on any atom is -0.355 e. The first-order valence-electron chi connectivity index (χ1n) is 10.1. The molecule has 1 amide bonds. The Morgan fingerprint density at radius 1 is 1.07 bits per heavy atom. The molecule has 29 heavy (non-hydrogen) atoms. The van der Waals surface area contributed by atoms with E-state index in [4.69, 9.17) is 0 Å². The van der Waals surface area contributed by atoms with E-state index in [-0.39, 0.29) is 17.2 Å². The van der Waals surface area contributed by atoms with Crippen LogP contribution in [0.4, 0.5) is 0 Å². The number of rotatable bonds is 10. The van der Waals surface area contributed by atoms with Gasteiger partial charge in [0.25, 0.3) is 5.56 Å². The summed E-state index contributed by atoms with van der Waals surface area (Å²) in [5.74, 6) is 0.218. The first kappa shape index (κ1) is 21.1. The second-order valence-electron chi connectivity index (χ2n) is 6.95. The molecule has 152 valence electrons. The predicted octanol–water partition coefficient (Wildman–Crippen LogP) is 4.04. The van der Waals surface area contributed by atoms with Crippen LogP contribution in [0.2, 0.25) is 0 Å². The van der Waals surface area contributed by atoms with Crippen molar-refractivity contribution in [1.82, 2.24) is 14.9 Å². The van der Waals surface area contributed by atoms with Gasteiger partial charge in [-0.25, -0.2) is 4.98 Å². The molecule has 1 aromatic heterocycles. The second kappa shape index (κ2) is 10.8.